The van der Waals surface area contributed by atoms with Gasteiger partial charge in [-0.25, -0.2) is 4.79 Å². The zero-order valence-electron chi connectivity index (χ0n) is 17.7. The second-order valence-electron chi connectivity index (χ2n) is 6.93. The van der Waals surface area contributed by atoms with Crippen LogP contribution in [-0.2, 0) is 14.3 Å². The monoisotopic (exact) mass is 461 g/mol. The molecule has 0 heterocycles. The fraction of sp³-hybridized carbons (Fsp3) is 0.348. The number of aliphatic hydroxyl groups excluding tert-OH is 1. The summed E-state index contributed by atoms with van der Waals surface area (Å²) < 4.78 is 16.0. The average molecular weight is 462 g/mol. The first kappa shape index (κ1) is 25.2. The van der Waals surface area contributed by atoms with Crippen LogP contribution in [0, 0.1) is 5.92 Å². The van der Waals surface area contributed by atoms with Gasteiger partial charge >= 0.3 is 12.1 Å². The van der Waals surface area contributed by atoms with Crippen LogP contribution in [0.5, 0.6) is 5.75 Å². The van der Waals surface area contributed by atoms with Gasteiger partial charge in [0.05, 0.1) is 19.0 Å². The van der Waals surface area contributed by atoms with Crippen molar-refractivity contribution in [3.8, 4) is 5.75 Å². The second-order valence-corrected chi connectivity index (χ2v) is 7.25. The van der Waals surface area contributed by atoms with E-state index in [2.05, 4.69) is 17.9 Å². The molecule has 2 amide bonds. The zero-order valence-corrected chi connectivity index (χ0v) is 18.6. The van der Waals surface area contributed by atoms with Crippen molar-refractivity contribution in [2.75, 3.05) is 25.6 Å². The molecule has 0 bridgehead atoms. The van der Waals surface area contributed by atoms with Gasteiger partial charge in [0.15, 0.2) is 0 Å². The lowest BCUT2D eigenvalue weighted by atomic mass is 9.94. The summed E-state index contributed by atoms with van der Waals surface area (Å²) in [6.07, 6.45) is -1.17. The molecule has 2 rings (SSSR count). The Labute approximate surface area is 192 Å². The molecule has 0 aliphatic rings. The molecule has 0 saturated heterocycles. The van der Waals surface area contributed by atoms with E-state index in [9.17, 15) is 14.4 Å². The summed E-state index contributed by atoms with van der Waals surface area (Å²) in [6, 6.07) is 15.2. The van der Waals surface area contributed by atoms with E-state index in [0.717, 1.165) is 0 Å². The van der Waals surface area contributed by atoms with Crippen LogP contribution < -0.4 is 10.1 Å². The van der Waals surface area contributed by atoms with E-state index in [1.54, 1.807) is 54.6 Å². The van der Waals surface area contributed by atoms with Crippen molar-refractivity contribution in [3.63, 3.8) is 0 Å². The Morgan fingerprint density at radius 2 is 1.72 bits per heavy atom. The van der Waals surface area contributed by atoms with E-state index in [-0.39, 0.29) is 31.5 Å². The lowest BCUT2D eigenvalue weighted by Crippen LogP contribution is -2.33. The zero-order chi connectivity index (χ0) is 23.3. The molecule has 0 spiro atoms. The number of imide groups is 1. The Balaban J connectivity index is 2.09. The molecular formula is C23H27NO7S. The number of ether oxygens (including phenoxy) is 3. The summed E-state index contributed by atoms with van der Waals surface area (Å²) in [5, 5.41) is 11.1. The third-order valence-electron chi connectivity index (χ3n) is 4.54. The van der Waals surface area contributed by atoms with Gasteiger partial charge in [0.2, 0.25) is 0 Å². The van der Waals surface area contributed by atoms with E-state index in [0.29, 0.717) is 23.3 Å². The van der Waals surface area contributed by atoms with Crippen LogP contribution >= 0.6 is 12.6 Å². The molecule has 0 aromatic heterocycles. The maximum atomic E-state index is 12.4. The van der Waals surface area contributed by atoms with Crippen LogP contribution in [0.15, 0.2) is 54.6 Å². The first-order chi connectivity index (χ1) is 15.4. The molecule has 8 nitrogen and oxygen atoms in total. The smallest absolute Gasteiger partial charge is 0.414 e. The quantitative estimate of drug-likeness (QED) is 0.348. The van der Waals surface area contributed by atoms with Crippen LogP contribution in [0.3, 0.4) is 0 Å². The summed E-state index contributed by atoms with van der Waals surface area (Å²) in [5.74, 6) is -0.703. The van der Waals surface area contributed by atoms with Gasteiger partial charge < -0.3 is 19.3 Å². The Bertz CT molecular complexity index is 874. The van der Waals surface area contributed by atoms with Gasteiger partial charge in [-0.1, -0.05) is 37.3 Å². The Hall–Kier alpha value is -3.04. The second kappa shape index (κ2) is 13.4. The van der Waals surface area contributed by atoms with Gasteiger partial charge in [0.1, 0.15) is 18.5 Å². The molecule has 0 fully saturated rings. The van der Waals surface area contributed by atoms with Gasteiger partial charge in [-0.05, 0) is 36.2 Å². The van der Waals surface area contributed by atoms with Crippen molar-refractivity contribution in [2.24, 2.45) is 5.92 Å². The normalized spacial score (nSPS) is 12.3. The standard InChI is InChI=1S/C23H27NO7S/c1-16(11-13-30-20(26)15-32)21(17-7-9-19(10-8-17)29-14-12-25)31-23(28)24-22(27)18-5-3-2-4-6-18/h2-10,16,21,25,32H,11-15H2,1H3,(H,24,27,28)/t16-,21+/m0/s1. The lowest BCUT2D eigenvalue weighted by Gasteiger charge is -2.25. The van der Waals surface area contributed by atoms with Gasteiger partial charge in [0, 0.05) is 11.5 Å². The summed E-state index contributed by atoms with van der Waals surface area (Å²) in [6.45, 7) is 2.05. The molecule has 0 aliphatic heterocycles. The molecule has 9 heteroatoms. The molecule has 2 N–H and O–H groups in total. The summed E-state index contributed by atoms with van der Waals surface area (Å²) in [5.41, 5.74) is 1.01. The SMILES string of the molecule is C[C@@H](CCOC(=O)CS)[C@@H](OC(=O)NC(=O)c1ccccc1)c1ccc(OCCO)cc1. The Morgan fingerprint density at radius 3 is 2.34 bits per heavy atom. The van der Waals surface area contributed by atoms with Crippen LogP contribution in [0.2, 0.25) is 0 Å². The molecule has 32 heavy (non-hydrogen) atoms. The van der Waals surface area contributed by atoms with Crippen LogP contribution in [0.4, 0.5) is 4.79 Å². The molecule has 2 atom stereocenters. The predicted octanol–water partition coefficient (Wildman–Crippen LogP) is 3.16. The van der Waals surface area contributed by atoms with Crippen molar-refractivity contribution in [2.45, 2.75) is 19.4 Å². The summed E-state index contributed by atoms with van der Waals surface area (Å²) >= 11 is 3.87. The fourth-order valence-corrected chi connectivity index (χ4v) is 2.98. The number of aliphatic hydroxyl groups is 1. The summed E-state index contributed by atoms with van der Waals surface area (Å²) in [4.78, 5) is 36.0. The van der Waals surface area contributed by atoms with Crippen LogP contribution in [0.1, 0.15) is 35.4 Å². The maximum Gasteiger partial charge on any atom is 0.414 e. The van der Waals surface area contributed by atoms with E-state index in [4.69, 9.17) is 19.3 Å². The largest absolute Gasteiger partial charge is 0.491 e. The molecule has 0 radical (unpaired) electrons. The van der Waals surface area contributed by atoms with Crippen molar-refractivity contribution >= 4 is 30.6 Å². The van der Waals surface area contributed by atoms with Gasteiger partial charge in [-0.3, -0.25) is 14.9 Å². The molecular weight excluding hydrogens is 434 g/mol. The van der Waals surface area contributed by atoms with Crippen LogP contribution in [-0.4, -0.2) is 48.6 Å². The number of carbonyl (C=O) groups is 3. The number of hydrogen-bond acceptors (Lipinski definition) is 8. The van der Waals surface area contributed by atoms with Crippen LogP contribution in [0.25, 0.3) is 0 Å². The molecule has 2 aromatic rings. The minimum absolute atomic E-state index is 0.0202. The topological polar surface area (TPSA) is 111 Å². The molecule has 172 valence electrons. The number of benzene rings is 2. The highest BCUT2D eigenvalue weighted by atomic mass is 32.1. The molecule has 2 aromatic carbocycles. The minimum Gasteiger partial charge on any atom is -0.491 e. The Morgan fingerprint density at radius 1 is 1.03 bits per heavy atom. The van der Waals surface area contributed by atoms with E-state index < -0.39 is 24.1 Å². The fourth-order valence-electron chi connectivity index (χ4n) is 2.88. The highest BCUT2D eigenvalue weighted by Crippen LogP contribution is 2.30. The number of alkyl carbamates (subject to hydrolysis) is 1. The highest BCUT2D eigenvalue weighted by Gasteiger charge is 2.25. The minimum atomic E-state index is -0.885. The van der Waals surface area contributed by atoms with E-state index >= 15 is 0 Å². The van der Waals surface area contributed by atoms with Crippen molar-refractivity contribution < 1.29 is 33.7 Å². The maximum absolute atomic E-state index is 12.4. The third kappa shape index (κ3) is 8.24. The number of nitrogens with one attached hydrogen (secondary N) is 1. The third-order valence-corrected chi connectivity index (χ3v) is 4.79. The summed E-state index contributed by atoms with van der Waals surface area (Å²) in [7, 11) is 0. The lowest BCUT2D eigenvalue weighted by molar-refractivity contribution is -0.141. The van der Waals surface area contributed by atoms with Gasteiger partial charge in [0.25, 0.3) is 5.91 Å². The highest BCUT2D eigenvalue weighted by molar-refractivity contribution is 7.81. The number of amides is 2. The molecule has 0 aliphatic carbocycles. The number of hydrogen-bond donors (Lipinski definition) is 3. The molecule has 0 saturated carbocycles. The number of rotatable bonds is 11. The number of thiol groups is 1. The van der Waals surface area contributed by atoms with E-state index in [1.165, 1.54) is 0 Å². The van der Waals surface area contributed by atoms with E-state index in [1.807, 2.05) is 6.92 Å². The number of carbonyl (C=O) groups excluding carboxylic acids is 3. The Kier molecular flexibility index (Phi) is 10.6. The first-order valence-corrected chi connectivity index (χ1v) is 10.7. The van der Waals surface area contributed by atoms with Gasteiger partial charge in [-0.15, -0.1) is 0 Å². The van der Waals surface area contributed by atoms with Crippen molar-refractivity contribution in [3.05, 3.63) is 65.7 Å². The first-order valence-electron chi connectivity index (χ1n) is 10.1. The number of esters is 1. The van der Waals surface area contributed by atoms with Crippen molar-refractivity contribution in [1.29, 1.82) is 0 Å². The van der Waals surface area contributed by atoms with Gasteiger partial charge in [-0.2, -0.15) is 12.6 Å². The van der Waals surface area contributed by atoms with Crippen molar-refractivity contribution in [1.82, 2.24) is 5.32 Å². The molecule has 0 unspecified atom stereocenters. The predicted molar refractivity (Wildman–Crippen MR) is 121 cm³/mol. The average Bonchev–Trinajstić information content (AvgIpc) is 2.81.